The van der Waals surface area contributed by atoms with E-state index >= 15 is 0 Å². The maximum atomic E-state index is 6.06. The molecular weight excluding hydrogens is 289 g/mol. The van der Waals surface area contributed by atoms with Crippen molar-refractivity contribution in [3.63, 3.8) is 0 Å². The number of hydrogen-bond acceptors (Lipinski definition) is 3. The molecule has 0 fully saturated rings. The van der Waals surface area contributed by atoms with Crippen LogP contribution in [-0.2, 0) is 0 Å². The molecule has 1 aromatic carbocycles. The predicted molar refractivity (Wildman–Crippen MR) is 67.4 cm³/mol. The second-order valence-electron chi connectivity index (χ2n) is 3.46. The van der Waals surface area contributed by atoms with Crippen molar-refractivity contribution in [3.05, 3.63) is 39.2 Å². The van der Waals surface area contributed by atoms with Crippen LogP contribution in [0.15, 0.2) is 22.7 Å². The minimum atomic E-state index is 0.383. The minimum Gasteiger partial charge on any atom is -0.217 e. The molecule has 0 radical (unpaired) electrons. The van der Waals surface area contributed by atoms with Crippen LogP contribution in [-0.4, -0.2) is 15.2 Å². The normalized spacial score (nSPS) is 10.5. The van der Waals surface area contributed by atoms with Crippen molar-refractivity contribution in [2.75, 3.05) is 0 Å². The summed E-state index contributed by atoms with van der Waals surface area (Å²) in [5.41, 5.74) is 2.65. The van der Waals surface area contributed by atoms with Crippen LogP contribution in [0, 0.1) is 13.8 Å². The first-order valence-corrected chi connectivity index (χ1v) is 5.88. The summed E-state index contributed by atoms with van der Waals surface area (Å²) in [6.45, 7) is 3.76. The van der Waals surface area contributed by atoms with E-state index in [1.807, 2.05) is 25.1 Å². The molecule has 0 bridgehead atoms. The first-order chi connectivity index (χ1) is 7.58. The summed E-state index contributed by atoms with van der Waals surface area (Å²) in [5.74, 6) is 0.571. The van der Waals surface area contributed by atoms with E-state index in [1.54, 1.807) is 6.92 Å². The van der Waals surface area contributed by atoms with Crippen LogP contribution >= 0.6 is 27.5 Å². The zero-order valence-corrected chi connectivity index (χ0v) is 11.2. The Morgan fingerprint density at radius 3 is 2.62 bits per heavy atom. The number of rotatable bonds is 1. The summed E-state index contributed by atoms with van der Waals surface area (Å²) >= 11 is 9.48. The zero-order chi connectivity index (χ0) is 11.7. The van der Waals surface area contributed by atoms with Gasteiger partial charge < -0.3 is 0 Å². The lowest BCUT2D eigenvalue weighted by atomic mass is 10.1. The van der Waals surface area contributed by atoms with Gasteiger partial charge in [0, 0.05) is 10.0 Å². The lowest BCUT2D eigenvalue weighted by Crippen LogP contribution is -1.97. The average Bonchev–Trinajstić information content (AvgIpc) is 2.22. The first kappa shape index (κ1) is 11.5. The Kier molecular flexibility index (Phi) is 3.21. The van der Waals surface area contributed by atoms with Crippen molar-refractivity contribution in [2.45, 2.75) is 13.8 Å². The average molecular weight is 299 g/mol. The molecule has 0 aliphatic carbocycles. The summed E-state index contributed by atoms with van der Waals surface area (Å²) in [4.78, 5) is 4.10. The monoisotopic (exact) mass is 297 g/mol. The van der Waals surface area contributed by atoms with Gasteiger partial charge in [0.1, 0.15) is 11.5 Å². The highest BCUT2D eigenvalue weighted by molar-refractivity contribution is 9.10. The van der Waals surface area contributed by atoms with Gasteiger partial charge in [0.25, 0.3) is 0 Å². The Labute approximate surface area is 107 Å². The quantitative estimate of drug-likeness (QED) is 0.808. The van der Waals surface area contributed by atoms with Crippen molar-refractivity contribution >= 4 is 27.5 Å². The Morgan fingerprint density at radius 1 is 1.19 bits per heavy atom. The van der Waals surface area contributed by atoms with E-state index in [1.165, 1.54) is 0 Å². The molecule has 5 heteroatoms. The molecule has 16 heavy (non-hydrogen) atoms. The first-order valence-electron chi connectivity index (χ1n) is 4.71. The zero-order valence-electron chi connectivity index (χ0n) is 8.83. The number of aromatic nitrogens is 3. The number of aryl methyl sites for hydroxylation is 2. The maximum Gasteiger partial charge on any atom is 0.159 e. The molecule has 2 rings (SSSR count). The Bertz CT molecular complexity index is 543. The Morgan fingerprint density at radius 2 is 1.94 bits per heavy atom. The van der Waals surface area contributed by atoms with Gasteiger partial charge in [0.2, 0.25) is 0 Å². The largest absolute Gasteiger partial charge is 0.217 e. The van der Waals surface area contributed by atoms with Gasteiger partial charge in [-0.3, -0.25) is 0 Å². The Hall–Kier alpha value is -1.00. The van der Waals surface area contributed by atoms with Crippen LogP contribution in [0.25, 0.3) is 11.3 Å². The molecule has 3 nitrogen and oxygen atoms in total. The second kappa shape index (κ2) is 4.47. The standard InChI is InChI=1S/C11H9BrClN3/c1-6-3-4-8(12)5-9(6)10-11(13)14-7(2)15-16-10/h3-5H,1-2H3. The molecule has 2 aromatic rings. The van der Waals surface area contributed by atoms with Crippen molar-refractivity contribution < 1.29 is 0 Å². The van der Waals surface area contributed by atoms with Gasteiger partial charge in [-0.1, -0.05) is 33.6 Å². The fraction of sp³-hybridized carbons (Fsp3) is 0.182. The summed E-state index contributed by atoms with van der Waals surface area (Å²) in [5, 5.41) is 8.39. The third-order valence-electron chi connectivity index (χ3n) is 2.20. The molecule has 0 unspecified atom stereocenters. The summed E-state index contributed by atoms with van der Waals surface area (Å²) < 4.78 is 0.978. The minimum absolute atomic E-state index is 0.383. The number of halogens is 2. The second-order valence-corrected chi connectivity index (χ2v) is 4.73. The predicted octanol–water partition coefficient (Wildman–Crippen LogP) is 3.57. The lowest BCUT2D eigenvalue weighted by molar-refractivity contribution is 0.913. The summed E-state index contributed by atoms with van der Waals surface area (Å²) in [6.07, 6.45) is 0. The molecular formula is C11H9BrClN3. The van der Waals surface area contributed by atoms with E-state index in [-0.39, 0.29) is 0 Å². The molecule has 0 saturated carbocycles. The lowest BCUT2D eigenvalue weighted by Gasteiger charge is -2.06. The van der Waals surface area contributed by atoms with Crippen LogP contribution in [0.1, 0.15) is 11.4 Å². The van der Waals surface area contributed by atoms with Crippen LogP contribution < -0.4 is 0 Å². The van der Waals surface area contributed by atoms with E-state index in [4.69, 9.17) is 11.6 Å². The molecule has 1 aromatic heterocycles. The van der Waals surface area contributed by atoms with Gasteiger partial charge in [-0.2, -0.15) is 0 Å². The highest BCUT2D eigenvalue weighted by Crippen LogP contribution is 2.28. The van der Waals surface area contributed by atoms with E-state index in [0.29, 0.717) is 16.7 Å². The molecule has 0 atom stereocenters. The van der Waals surface area contributed by atoms with Crippen molar-refractivity contribution in [1.29, 1.82) is 0 Å². The highest BCUT2D eigenvalue weighted by atomic mass is 79.9. The third kappa shape index (κ3) is 2.23. The summed E-state index contributed by atoms with van der Waals surface area (Å²) in [7, 11) is 0. The Balaban J connectivity index is 2.62. The molecule has 82 valence electrons. The number of benzene rings is 1. The van der Waals surface area contributed by atoms with Crippen molar-refractivity contribution in [1.82, 2.24) is 15.2 Å². The number of hydrogen-bond donors (Lipinski definition) is 0. The van der Waals surface area contributed by atoms with Crippen LogP contribution in [0.5, 0.6) is 0 Å². The molecule has 0 N–H and O–H groups in total. The van der Waals surface area contributed by atoms with Gasteiger partial charge in [-0.05, 0) is 31.5 Å². The van der Waals surface area contributed by atoms with Gasteiger partial charge in [0.15, 0.2) is 5.15 Å². The van der Waals surface area contributed by atoms with Gasteiger partial charge in [-0.25, -0.2) is 4.98 Å². The fourth-order valence-electron chi connectivity index (χ4n) is 1.40. The SMILES string of the molecule is Cc1nnc(-c2cc(Br)ccc2C)c(Cl)n1. The van der Waals surface area contributed by atoms with E-state index in [9.17, 15) is 0 Å². The van der Waals surface area contributed by atoms with Gasteiger partial charge >= 0.3 is 0 Å². The smallest absolute Gasteiger partial charge is 0.159 e. The summed E-state index contributed by atoms with van der Waals surface area (Å²) in [6, 6.07) is 5.93. The van der Waals surface area contributed by atoms with E-state index in [2.05, 4.69) is 31.1 Å². The fourth-order valence-corrected chi connectivity index (χ4v) is 2.02. The van der Waals surface area contributed by atoms with Crippen LogP contribution in [0.3, 0.4) is 0 Å². The molecule has 0 amide bonds. The molecule has 0 aliphatic rings. The van der Waals surface area contributed by atoms with Crippen molar-refractivity contribution in [2.24, 2.45) is 0 Å². The van der Waals surface area contributed by atoms with Gasteiger partial charge in [-0.15, -0.1) is 10.2 Å². The molecule has 1 heterocycles. The van der Waals surface area contributed by atoms with Crippen molar-refractivity contribution in [3.8, 4) is 11.3 Å². The van der Waals surface area contributed by atoms with E-state index < -0.39 is 0 Å². The third-order valence-corrected chi connectivity index (χ3v) is 2.96. The topological polar surface area (TPSA) is 38.7 Å². The number of nitrogens with zero attached hydrogens (tertiary/aromatic N) is 3. The molecule has 0 spiro atoms. The van der Waals surface area contributed by atoms with Crippen LogP contribution in [0.2, 0.25) is 5.15 Å². The molecule has 0 saturated heterocycles. The van der Waals surface area contributed by atoms with E-state index in [0.717, 1.165) is 15.6 Å². The van der Waals surface area contributed by atoms with Crippen LogP contribution in [0.4, 0.5) is 0 Å². The van der Waals surface area contributed by atoms with Gasteiger partial charge in [0.05, 0.1) is 0 Å². The highest BCUT2D eigenvalue weighted by Gasteiger charge is 2.10. The maximum absolute atomic E-state index is 6.06. The molecule has 0 aliphatic heterocycles.